The van der Waals surface area contributed by atoms with E-state index in [1.54, 1.807) is 31.2 Å². The first-order valence-corrected chi connectivity index (χ1v) is 8.47. The lowest BCUT2D eigenvalue weighted by Gasteiger charge is -2.12. The number of aliphatic carboxylic acids is 1. The summed E-state index contributed by atoms with van der Waals surface area (Å²) in [6.07, 6.45) is 0.370. The van der Waals surface area contributed by atoms with Crippen LogP contribution in [-0.4, -0.2) is 35.6 Å². The number of nitro benzene ring substituents is 1. The summed E-state index contributed by atoms with van der Waals surface area (Å²) in [4.78, 5) is 33.9. The first-order chi connectivity index (χ1) is 13.3. The van der Waals surface area contributed by atoms with E-state index >= 15 is 0 Å². The highest BCUT2D eigenvalue weighted by atomic mass is 16.6. The number of hydrogen-bond donors (Lipinski definition) is 2. The molecule has 0 fully saturated rings. The van der Waals surface area contributed by atoms with Crippen LogP contribution >= 0.6 is 0 Å². The number of methoxy groups -OCH3 is 1. The van der Waals surface area contributed by atoms with Gasteiger partial charge in [-0.3, -0.25) is 19.7 Å². The van der Waals surface area contributed by atoms with Gasteiger partial charge in [0.15, 0.2) is 11.5 Å². The molecule has 2 N–H and O–H groups in total. The lowest BCUT2D eigenvalue weighted by molar-refractivity contribution is -0.385. The highest BCUT2D eigenvalue weighted by Crippen LogP contribution is 2.35. The summed E-state index contributed by atoms with van der Waals surface area (Å²) in [6.45, 7) is 2.04. The second-order valence-corrected chi connectivity index (χ2v) is 5.76. The van der Waals surface area contributed by atoms with Crippen LogP contribution < -0.4 is 14.8 Å². The number of nitro groups is 1. The summed E-state index contributed by atoms with van der Waals surface area (Å²) < 4.78 is 10.5. The van der Waals surface area contributed by atoms with E-state index in [1.165, 1.54) is 13.2 Å². The number of ether oxygens (including phenoxy) is 2. The van der Waals surface area contributed by atoms with E-state index in [2.05, 4.69) is 5.32 Å². The Labute approximate surface area is 161 Å². The third kappa shape index (κ3) is 5.19. The maximum Gasteiger partial charge on any atom is 0.303 e. The highest BCUT2D eigenvalue weighted by Gasteiger charge is 2.24. The van der Waals surface area contributed by atoms with Crippen molar-refractivity contribution in [3.05, 3.63) is 57.6 Å². The molecule has 28 heavy (non-hydrogen) atoms. The molecule has 0 aliphatic rings. The molecule has 0 atom stereocenters. The molecular weight excluding hydrogens is 368 g/mol. The average molecular weight is 388 g/mol. The number of carboxylic acid groups (broad SMARTS) is 1. The standard InChI is InChI=1S/C19H20N2O7/c1-3-28-17-10-14(15(21(25)26)11-16(17)27-2)19(24)20-13-7-4-12(5-8-13)6-9-18(22)23/h4-5,7-8,10-11H,3,6,9H2,1-2H3,(H,20,24)(H,22,23). The van der Waals surface area contributed by atoms with Gasteiger partial charge in [-0.2, -0.15) is 0 Å². The Morgan fingerprint density at radius 1 is 1.18 bits per heavy atom. The number of hydrogen-bond acceptors (Lipinski definition) is 6. The van der Waals surface area contributed by atoms with Gasteiger partial charge < -0.3 is 19.9 Å². The van der Waals surface area contributed by atoms with Crippen LogP contribution in [0.4, 0.5) is 11.4 Å². The topological polar surface area (TPSA) is 128 Å². The molecule has 0 aliphatic carbocycles. The summed E-state index contributed by atoms with van der Waals surface area (Å²) in [5, 5.41) is 22.7. The molecule has 2 rings (SSSR count). The summed E-state index contributed by atoms with van der Waals surface area (Å²) in [6, 6.07) is 9.01. The average Bonchev–Trinajstić information content (AvgIpc) is 2.67. The van der Waals surface area contributed by atoms with Crippen LogP contribution in [0.5, 0.6) is 11.5 Å². The van der Waals surface area contributed by atoms with Gasteiger partial charge in [0, 0.05) is 18.2 Å². The van der Waals surface area contributed by atoms with E-state index in [-0.39, 0.29) is 23.5 Å². The number of carbonyl (C=O) groups is 2. The zero-order valence-electron chi connectivity index (χ0n) is 15.4. The van der Waals surface area contributed by atoms with Crippen molar-refractivity contribution in [3.8, 4) is 11.5 Å². The summed E-state index contributed by atoms with van der Waals surface area (Å²) in [5.74, 6) is -1.18. The van der Waals surface area contributed by atoms with Crippen molar-refractivity contribution in [3.63, 3.8) is 0 Å². The van der Waals surface area contributed by atoms with Crippen LogP contribution in [-0.2, 0) is 11.2 Å². The zero-order chi connectivity index (χ0) is 20.7. The zero-order valence-corrected chi connectivity index (χ0v) is 15.4. The molecule has 9 heteroatoms. The third-order valence-electron chi connectivity index (χ3n) is 3.86. The number of carboxylic acids is 1. The number of aryl methyl sites for hydroxylation is 1. The number of rotatable bonds is 9. The Bertz CT molecular complexity index is 879. The fraction of sp³-hybridized carbons (Fsp3) is 0.263. The normalized spacial score (nSPS) is 10.2. The molecule has 0 aliphatic heterocycles. The molecule has 0 spiro atoms. The molecule has 0 saturated carbocycles. The van der Waals surface area contributed by atoms with Gasteiger partial charge in [0.05, 0.1) is 24.7 Å². The van der Waals surface area contributed by atoms with Gasteiger partial charge in [0.1, 0.15) is 5.56 Å². The Kier molecular flexibility index (Phi) is 6.91. The summed E-state index contributed by atoms with van der Waals surface area (Å²) >= 11 is 0. The fourth-order valence-corrected chi connectivity index (χ4v) is 2.51. The van der Waals surface area contributed by atoms with E-state index in [9.17, 15) is 19.7 Å². The predicted molar refractivity (Wildman–Crippen MR) is 101 cm³/mol. The van der Waals surface area contributed by atoms with Crippen molar-refractivity contribution in [2.24, 2.45) is 0 Å². The van der Waals surface area contributed by atoms with Gasteiger partial charge in [0.25, 0.3) is 11.6 Å². The van der Waals surface area contributed by atoms with Crippen LogP contribution in [0.2, 0.25) is 0 Å². The van der Waals surface area contributed by atoms with Gasteiger partial charge in [-0.25, -0.2) is 0 Å². The number of amides is 1. The second kappa shape index (κ2) is 9.36. The maximum absolute atomic E-state index is 12.6. The van der Waals surface area contributed by atoms with E-state index < -0.39 is 22.5 Å². The SMILES string of the molecule is CCOc1cc(C(=O)Nc2ccc(CCC(=O)O)cc2)c([N+](=O)[O-])cc1OC. The van der Waals surface area contributed by atoms with Crippen LogP contribution in [0.1, 0.15) is 29.3 Å². The Balaban J connectivity index is 2.26. The molecule has 0 radical (unpaired) electrons. The molecule has 0 aromatic heterocycles. The number of nitrogens with zero attached hydrogens (tertiary/aromatic N) is 1. The Hall–Kier alpha value is -3.62. The van der Waals surface area contributed by atoms with Crippen molar-refractivity contribution < 1.29 is 29.1 Å². The van der Waals surface area contributed by atoms with Gasteiger partial charge in [-0.1, -0.05) is 12.1 Å². The molecule has 9 nitrogen and oxygen atoms in total. The molecule has 2 aromatic carbocycles. The largest absolute Gasteiger partial charge is 0.493 e. The lowest BCUT2D eigenvalue weighted by atomic mass is 10.1. The van der Waals surface area contributed by atoms with Crippen LogP contribution in [0.3, 0.4) is 0 Å². The smallest absolute Gasteiger partial charge is 0.303 e. The van der Waals surface area contributed by atoms with Crippen molar-refractivity contribution in [1.29, 1.82) is 0 Å². The van der Waals surface area contributed by atoms with E-state index in [0.717, 1.165) is 11.6 Å². The summed E-state index contributed by atoms with van der Waals surface area (Å²) in [7, 11) is 1.35. The monoisotopic (exact) mass is 388 g/mol. The molecule has 0 saturated heterocycles. The fourth-order valence-electron chi connectivity index (χ4n) is 2.51. The first kappa shape index (κ1) is 20.7. The molecular formula is C19H20N2O7. The molecule has 148 valence electrons. The number of benzene rings is 2. The lowest BCUT2D eigenvalue weighted by Crippen LogP contribution is -2.14. The second-order valence-electron chi connectivity index (χ2n) is 5.76. The predicted octanol–water partition coefficient (Wildman–Crippen LogP) is 3.27. The quantitative estimate of drug-likeness (QED) is 0.498. The molecule has 0 bridgehead atoms. The van der Waals surface area contributed by atoms with Crippen molar-refractivity contribution in [2.75, 3.05) is 19.0 Å². The van der Waals surface area contributed by atoms with Crippen LogP contribution in [0, 0.1) is 10.1 Å². The molecule has 1 amide bonds. The summed E-state index contributed by atoms with van der Waals surface area (Å²) in [5.41, 5.74) is 0.654. The maximum atomic E-state index is 12.6. The minimum atomic E-state index is -0.894. The highest BCUT2D eigenvalue weighted by molar-refractivity contribution is 6.07. The van der Waals surface area contributed by atoms with Gasteiger partial charge in [0.2, 0.25) is 0 Å². The molecule has 0 unspecified atom stereocenters. The Morgan fingerprint density at radius 3 is 2.39 bits per heavy atom. The van der Waals surface area contributed by atoms with Crippen molar-refractivity contribution >= 4 is 23.3 Å². The number of anilines is 1. The van der Waals surface area contributed by atoms with E-state index in [4.69, 9.17) is 14.6 Å². The van der Waals surface area contributed by atoms with Gasteiger partial charge in [-0.05, 0) is 31.0 Å². The number of carbonyl (C=O) groups excluding carboxylic acids is 1. The van der Waals surface area contributed by atoms with E-state index in [0.29, 0.717) is 18.7 Å². The van der Waals surface area contributed by atoms with Gasteiger partial charge in [-0.15, -0.1) is 0 Å². The molecule has 2 aromatic rings. The first-order valence-electron chi connectivity index (χ1n) is 8.47. The third-order valence-corrected chi connectivity index (χ3v) is 3.86. The van der Waals surface area contributed by atoms with Crippen LogP contribution in [0.25, 0.3) is 0 Å². The van der Waals surface area contributed by atoms with Crippen LogP contribution in [0.15, 0.2) is 36.4 Å². The van der Waals surface area contributed by atoms with Gasteiger partial charge >= 0.3 is 5.97 Å². The van der Waals surface area contributed by atoms with E-state index in [1.807, 2.05) is 0 Å². The minimum absolute atomic E-state index is 0.00392. The Morgan fingerprint density at radius 2 is 1.86 bits per heavy atom. The minimum Gasteiger partial charge on any atom is -0.493 e. The number of nitrogens with one attached hydrogen (secondary N) is 1. The van der Waals surface area contributed by atoms with Crippen molar-refractivity contribution in [1.82, 2.24) is 0 Å². The van der Waals surface area contributed by atoms with Crippen molar-refractivity contribution in [2.45, 2.75) is 19.8 Å². The molecule has 0 heterocycles.